The van der Waals surface area contributed by atoms with E-state index in [4.69, 9.17) is 0 Å². The molecule has 3 heterocycles. The Labute approximate surface area is 178 Å². The number of amides is 1. The summed E-state index contributed by atoms with van der Waals surface area (Å²) in [5.74, 6) is -1.94. The van der Waals surface area contributed by atoms with Gasteiger partial charge in [-0.2, -0.15) is 5.10 Å². The highest BCUT2D eigenvalue weighted by Crippen LogP contribution is 2.33. The summed E-state index contributed by atoms with van der Waals surface area (Å²) in [4.78, 5) is 30.2. The van der Waals surface area contributed by atoms with Gasteiger partial charge in [-0.3, -0.25) is 14.2 Å². The lowest BCUT2D eigenvalue weighted by molar-refractivity contribution is -0.116. The van der Waals surface area contributed by atoms with Gasteiger partial charge in [-0.25, -0.2) is 18.4 Å². The molecule has 1 N–H and O–H groups in total. The van der Waals surface area contributed by atoms with E-state index < -0.39 is 23.6 Å². The molecule has 2 aromatic heterocycles. The number of hydrogen-bond acceptors (Lipinski definition) is 5. The third-order valence-electron chi connectivity index (χ3n) is 5.00. The highest BCUT2D eigenvalue weighted by Gasteiger charge is 2.29. The summed E-state index contributed by atoms with van der Waals surface area (Å²) in [7, 11) is 0. The molecule has 7 nitrogen and oxygen atoms in total. The SMILES string of the molecule is O=C(CC1CSc2nc3c(cnn3-c3ccccc3)c(=O)n21)Nc1ccc(F)c(F)c1. The zero-order valence-electron chi connectivity index (χ0n) is 16.0. The van der Waals surface area contributed by atoms with E-state index in [0.717, 1.165) is 17.8 Å². The lowest BCUT2D eigenvalue weighted by Gasteiger charge is -2.13. The normalized spacial score (nSPS) is 15.2. The second-order valence-corrected chi connectivity index (χ2v) is 8.03. The zero-order chi connectivity index (χ0) is 21.5. The quantitative estimate of drug-likeness (QED) is 0.492. The van der Waals surface area contributed by atoms with Crippen LogP contribution in [0.4, 0.5) is 14.5 Å². The van der Waals surface area contributed by atoms with Crippen LogP contribution in [0.2, 0.25) is 0 Å². The van der Waals surface area contributed by atoms with Gasteiger partial charge in [-0.1, -0.05) is 30.0 Å². The molecule has 5 rings (SSSR count). The number of para-hydroxylation sites is 1. The molecule has 1 amide bonds. The maximum Gasteiger partial charge on any atom is 0.265 e. The predicted molar refractivity (Wildman–Crippen MR) is 112 cm³/mol. The fraction of sp³-hybridized carbons (Fsp3) is 0.143. The summed E-state index contributed by atoms with van der Waals surface area (Å²) in [6.07, 6.45) is 1.48. The minimum atomic E-state index is -1.04. The van der Waals surface area contributed by atoms with Gasteiger partial charge in [0.25, 0.3) is 5.56 Å². The predicted octanol–water partition coefficient (Wildman–Crippen LogP) is 3.54. The number of nitrogens with one attached hydrogen (secondary N) is 1. The largest absolute Gasteiger partial charge is 0.326 e. The summed E-state index contributed by atoms with van der Waals surface area (Å²) in [5.41, 5.74) is 1.14. The molecule has 0 radical (unpaired) electrons. The molecule has 1 aliphatic heterocycles. The number of anilines is 1. The molecule has 0 spiro atoms. The number of fused-ring (bicyclic) bond motifs is 2. The van der Waals surface area contributed by atoms with Crippen molar-refractivity contribution in [2.24, 2.45) is 0 Å². The first kappa shape index (κ1) is 19.4. The molecule has 156 valence electrons. The molecule has 0 fully saturated rings. The molecule has 10 heteroatoms. The van der Waals surface area contributed by atoms with Gasteiger partial charge in [-0.15, -0.1) is 0 Å². The molecule has 1 unspecified atom stereocenters. The molecule has 2 aromatic carbocycles. The Hall–Kier alpha value is -3.53. The van der Waals surface area contributed by atoms with Crippen molar-refractivity contribution < 1.29 is 13.6 Å². The van der Waals surface area contributed by atoms with Gasteiger partial charge in [0.1, 0.15) is 5.39 Å². The van der Waals surface area contributed by atoms with Gasteiger partial charge in [0.15, 0.2) is 22.4 Å². The molecule has 1 aliphatic rings. The van der Waals surface area contributed by atoms with Crippen molar-refractivity contribution in [1.29, 1.82) is 0 Å². The average molecular weight is 439 g/mol. The standard InChI is InChI=1S/C21H15F2N5O2S/c22-16-7-6-12(8-17(16)23)25-18(29)9-14-11-31-21-26-19-15(20(30)27(14)21)10-24-28(19)13-4-2-1-3-5-13/h1-8,10,14H,9,11H2,(H,25,29). The number of nitrogens with zero attached hydrogens (tertiary/aromatic N) is 4. The van der Waals surface area contributed by atoms with Crippen LogP contribution in [0.15, 0.2) is 64.7 Å². The van der Waals surface area contributed by atoms with Gasteiger partial charge in [0, 0.05) is 23.9 Å². The fourth-order valence-electron chi connectivity index (χ4n) is 3.54. The number of hydrogen-bond donors (Lipinski definition) is 1. The van der Waals surface area contributed by atoms with Gasteiger partial charge in [0.05, 0.1) is 17.9 Å². The lowest BCUT2D eigenvalue weighted by Crippen LogP contribution is -2.27. The molecule has 4 aromatic rings. The number of aromatic nitrogens is 4. The van der Waals surface area contributed by atoms with Gasteiger partial charge < -0.3 is 5.32 Å². The van der Waals surface area contributed by atoms with Gasteiger partial charge >= 0.3 is 0 Å². The van der Waals surface area contributed by atoms with Crippen LogP contribution in [0.3, 0.4) is 0 Å². The maximum atomic E-state index is 13.4. The van der Waals surface area contributed by atoms with E-state index >= 15 is 0 Å². The second-order valence-electron chi connectivity index (χ2n) is 7.04. The Kier molecular flexibility index (Phi) is 4.78. The minimum Gasteiger partial charge on any atom is -0.326 e. The van der Waals surface area contributed by atoms with Crippen molar-refractivity contribution in [3.63, 3.8) is 0 Å². The highest BCUT2D eigenvalue weighted by molar-refractivity contribution is 7.99. The Morgan fingerprint density at radius 1 is 1.16 bits per heavy atom. The first-order valence-electron chi connectivity index (χ1n) is 9.44. The highest BCUT2D eigenvalue weighted by atomic mass is 32.2. The van der Waals surface area contributed by atoms with Crippen LogP contribution in [0.5, 0.6) is 0 Å². The first-order valence-corrected chi connectivity index (χ1v) is 10.4. The summed E-state index contributed by atoms with van der Waals surface area (Å²) in [5, 5.41) is 7.73. The number of carbonyl (C=O) groups is 1. The van der Waals surface area contributed by atoms with Crippen molar-refractivity contribution in [3.8, 4) is 5.69 Å². The monoisotopic (exact) mass is 439 g/mol. The third-order valence-corrected chi connectivity index (χ3v) is 6.09. The van der Waals surface area contributed by atoms with E-state index in [0.29, 0.717) is 21.9 Å². The maximum absolute atomic E-state index is 13.4. The van der Waals surface area contributed by atoms with Gasteiger partial charge in [0.2, 0.25) is 5.91 Å². The van der Waals surface area contributed by atoms with Crippen LogP contribution < -0.4 is 10.9 Å². The number of carbonyl (C=O) groups excluding carboxylic acids is 1. The van der Waals surface area contributed by atoms with Crippen molar-refractivity contribution in [3.05, 3.63) is 76.7 Å². The Morgan fingerprint density at radius 3 is 2.74 bits per heavy atom. The lowest BCUT2D eigenvalue weighted by atomic mass is 10.2. The van der Waals surface area contributed by atoms with E-state index in [-0.39, 0.29) is 17.7 Å². The number of thioether (sulfide) groups is 1. The molecule has 31 heavy (non-hydrogen) atoms. The van der Waals surface area contributed by atoms with Crippen LogP contribution in [0.1, 0.15) is 12.5 Å². The van der Waals surface area contributed by atoms with Crippen molar-refractivity contribution in [2.75, 3.05) is 11.1 Å². The van der Waals surface area contributed by atoms with Crippen LogP contribution in [0, 0.1) is 11.6 Å². The Balaban J connectivity index is 1.43. The average Bonchev–Trinajstić information content (AvgIpc) is 3.36. The van der Waals surface area contributed by atoms with Crippen molar-refractivity contribution in [2.45, 2.75) is 17.6 Å². The van der Waals surface area contributed by atoms with Crippen LogP contribution >= 0.6 is 11.8 Å². The smallest absolute Gasteiger partial charge is 0.265 e. The molecule has 0 bridgehead atoms. The first-order chi connectivity index (χ1) is 15.0. The molecular formula is C21H15F2N5O2S. The zero-order valence-corrected chi connectivity index (χ0v) is 16.8. The van der Waals surface area contributed by atoms with E-state index in [9.17, 15) is 18.4 Å². The minimum absolute atomic E-state index is 0.00108. The van der Waals surface area contributed by atoms with Crippen molar-refractivity contribution >= 4 is 34.4 Å². The summed E-state index contributed by atoms with van der Waals surface area (Å²) in [6, 6.07) is 12.1. The topological polar surface area (TPSA) is 81.8 Å². The van der Waals surface area contributed by atoms with Crippen molar-refractivity contribution in [1.82, 2.24) is 19.3 Å². The number of rotatable bonds is 4. The summed E-state index contributed by atoms with van der Waals surface area (Å²) in [6.45, 7) is 0. The van der Waals surface area contributed by atoms with Crippen LogP contribution in [-0.2, 0) is 4.79 Å². The number of benzene rings is 2. The molecule has 0 saturated heterocycles. The molecule has 0 saturated carbocycles. The summed E-state index contributed by atoms with van der Waals surface area (Å²) < 4.78 is 29.6. The van der Waals surface area contributed by atoms with E-state index in [1.807, 2.05) is 30.3 Å². The van der Waals surface area contributed by atoms with Crippen LogP contribution in [0.25, 0.3) is 16.7 Å². The molecule has 0 aliphatic carbocycles. The fourth-order valence-corrected chi connectivity index (χ4v) is 4.67. The van der Waals surface area contributed by atoms with Gasteiger partial charge in [-0.05, 0) is 24.3 Å². The van der Waals surface area contributed by atoms with Crippen LogP contribution in [-0.4, -0.2) is 31.0 Å². The Bertz CT molecular complexity index is 1370. The molecular weight excluding hydrogens is 424 g/mol. The second kappa shape index (κ2) is 7.62. The third kappa shape index (κ3) is 3.48. The van der Waals surface area contributed by atoms with E-state index in [2.05, 4.69) is 15.4 Å². The summed E-state index contributed by atoms with van der Waals surface area (Å²) >= 11 is 1.39. The van der Waals surface area contributed by atoms with E-state index in [1.54, 1.807) is 4.68 Å². The number of halogens is 2. The Morgan fingerprint density at radius 2 is 1.97 bits per heavy atom. The van der Waals surface area contributed by atoms with E-state index in [1.165, 1.54) is 28.6 Å². The molecule has 1 atom stereocenters.